The number of hydrazone groups is 1. The minimum Gasteiger partial charge on any atom is -0.496 e. The zero-order valence-electron chi connectivity index (χ0n) is 7.54. The number of methoxy groups -OCH3 is 1. The van der Waals surface area contributed by atoms with E-state index in [1.807, 2.05) is 0 Å². The summed E-state index contributed by atoms with van der Waals surface area (Å²) >= 11 is 0. The quantitative estimate of drug-likeness (QED) is 0.566. The van der Waals surface area contributed by atoms with Crippen molar-refractivity contribution in [1.29, 1.82) is 0 Å². The van der Waals surface area contributed by atoms with Crippen molar-refractivity contribution in [3.63, 3.8) is 0 Å². The van der Waals surface area contributed by atoms with Crippen LogP contribution in [-0.4, -0.2) is 20.4 Å². The van der Waals surface area contributed by atoms with Crippen LogP contribution in [0.3, 0.4) is 0 Å². The number of rotatable bonds is 3. The fraction of sp³-hybridized carbons (Fsp3) is 0.222. The van der Waals surface area contributed by atoms with Crippen molar-refractivity contribution in [3.8, 4) is 5.75 Å². The highest BCUT2D eigenvalue weighted by atomic mass is 19.1. The van der Waals surface area contributed by atoms with E-state index in [1.54, 1.807) is 19.2 Å². The fourth-order valence-electron chi connectivity index (χ4n) is 0.950. The molecule has 0 aromatic heterocycles. The minimum atomic E-state index is -0.349. The Balaban J connectivity index is 3.07. The van der Waals surface area contributed by atoms with Crippen LogP contribution in [-0.2, 0) is 0 Å². The Morgan fingerprint density at radius 2 is 2.31 bits per heavy atom. The molecule has 0 aliphatic heterocycles. The average molecular weight is 182 g/mol. The van der Waals surface area contributed by atoms with Crippen LogP contribution in [0.15, 0.2) is 23.3 Å². The number of nitrogens with zero attached hydrogens (tertiary/aromatic N) is 1. The molecule has 3 nitrogen and oxygen atoms in total. The molecule has 0 aliphatic carbocycles. The van der Waals surface area contributed by atoms with Gasteiger partial charge in [0.25, 0.3) is 0 Å². The van der Waals surface area contributed by atoms with Crippen LogP contribution in [0.4, 0.5) is 4.39 Å². The van der Waals surface area contributed by atoms with Crippen molar-refractivity contribution in [2.45, 2.75) is 0 Å². The molecule has 4 heteroatoms. The molecule has 0 fully saturated rings. The summed E-state index contributed by atoms with van der Waals surface area (Å²) in [4.78, 5) is 0. The summed E-state index contributed by atoms with van der Waals surface area (Å²) in [6, 6.07) is 4.63. The average Bonchev–Trinajstić information content (AvgIpc) is 2.15. The standard InChI is InChI=1S/C9H11FN2O/c1-11-12-6-7-8(10)4-3-5-9(7)13-2/h3-6,11H,1-2H3/b12-6+. The maximum atomic E-state index is 13.2. The number of hydrogen-bond donors (Lipinski definition) is 1. The van der Waals surface area contributed by atoms with Crippen molar-refractivity contribution in [1.82, 2.24) is 5.43 Å². The Morgan fingerprint density at radius 3 is 2.92 bits per heavy atom. The molecule has 0 spiro atoms. The smallest absolute Gasteiger partial charge is 0.135 e. The molecule has 1 rings (SSSR count). The van der Waals surface area contributed by atoms with Gasteiger partial charge in [0.1, 0.15) is 11.6 Å². The molecule has 0 saturated heterocycles. The maximum absolute atomic E-state index is 13.2. The number of hydrogen-bond acceptors (Lipinski definition) is 3. The van der Waals surface area contributed by atoms with E-state index in [0.717, 1.165) is 0 Å². The number of benzene rings is 1. The van der Waals surface area contributed by atoms with E-state index in [1.165, 1.54) is 19.4 Å². The Morgan fingerprint density at radius 1 is 1.54 bits per heavy atom. The SMILES string of the molecule is CN/N=C/c1c(F)cccc1OC. The van der Waals surface area contributed by atoms with Gasteiger partial charge in [-0.3, -0.25) is 0 Å². The summed E-state index contributed by atoms with van der Waals surface area (Å²) in [6.45, 7) is 0. The Bertz CT molecular complexity index is 312. The second kappa shape index (κ2) is 4.45. The normalized spacial score (nSPS) is 10.4. The van der Waals surface area contributed by atoms with Crippen LogP contribution in [0, 0.1) is 5.82 Å². The summed E-state index contributed by atoms with van der Waals surface area (Å²) in [5.41, 5.74) is 2.89. The molecule has 1 aromatic carbocycles. The van der Waals surface area contributed by atoms with E-state index in [9.17, 15) is 4.39 Å². The van der Waals surface area contributed by atoms with Gasteiger partial charge in [0.05, 0.1) is 18.9 Å². The lowest BCUT2D eigenvalue weighted by atomic mass is 10.2. The predicted molar refractivity (Wildman–Crippen MR) is 49.6 cm³/mol. The molecule has 0 unspecified atom stereocenters. The number of halogens is 1. The lowest BCUT2D eigenvalue weighted by molar-refractivity contribution is 0.410. The van der Waals surface area contributed by atoms with Crippen molar-refractivity contribution in [2.24, 2.45) is 5.10 Å². The first-order chi connectivity index (χ1) is 6.29. The molecular weight excluding hydrogens is 171 g/mol. The lowest BCUT2D eigenvalue weighted by Crippen LogP contribution is -1.99. The van der Waals surface area contributed by atoms with Crippen molar-refractivity contribution < 1.29 is 9.13 Å². The highest BCUT2D eigenvalue weighted by Gasteiger charge is 2.05. The first-order valence-electron chi connectivity index (χ1n) is 3.82. The van der Waals surface area contributed by atoms with Crippen LogP contribution in [0.1, 0.15) is 5.56 Å². The van der Waals surface area contributed by atoms with E-state index in [0.29, 0.717) is 11.3 Å². The molecule has 0 radical (unpaired) electrons. The summed E-state index contributed by atoms with van der Waals surface area (Å²) in [6.07, 6.45) is 1.38. The minimum absolute atomic E-state index is 0.347. The van der Waals surface area contributed by atoms with Gasteiger partial charge in [0.2, 0.25) is 0 Å². The molecule has 1 aromatic rings. The number of nitrogens with one attached hydrogen (secondary N) is 1. The third-order valence-corrected chi connectivity index (χ3v) is 1.56. The summed E-state index contributed by atoms with van der Waals surface area (Å²) in [5.74, 6) is 0.123. The Hall–Kier alpha value is -1.58. The third-order valence-electron chi connectivity index (χ3n) is 1.56. The Kier molecular flexibility index (Phi) is 3.25. The fourth-order valence-corrected chi connectivity index (χ4v) is 0.950. The van der Waals surface area contributed by atoms with Gasteiger partial charge in [-0.25, -0.2) is 4.39 Å². The molecule has 0 atom stereocenters. The number of ether oxygens (including phenoxy) is 1. The predicted octanol–water partition coefficient (Wildman–Crippen LogP) is 1.39. The van der Waals surface area contributed by atoms with Crippen molar-refractivity contribution in [2.75, 3.05) is 14.2 Å². The molecule has 0 saturated carbocycles. The van der Waals surface area contributed by atoms with Gasteiger partial charge in [-0.2, -0.15) is 5.10 Å². The first kappa shape index (κ1) is 9.51. The van der Waals surface area contributed by atoms with Gasteiger partial charge in [0.15, 0.2) is 0 Å². The van der Waals surface area contributed by atoms with Crippen molar-refractivity contribution >= 4 is 6.21 Å². The summed E-state index contributed by atoms with van der Waals surface area (Å²) < 4.78 is 18.1. The maximum Gasteiger partial charge on any atom is 0.135 e. The molecule has 0 bridgehead atoms. The molecule has 1 N–H and O–H groups in total. The third kappa shape index (κ3) is 2.18. The second-order valence-electron chi connectivity index (χ2n) is 2.34. The van der Waals surface area contributed by atoms with Crippen molar-refractivity contribution in [3.05, 3.63) is 29.6 Å². The molecule has 13 heavy (non-hydrogen) atoms. The van der Waals surface area contributed by atoms with Crippen LogP contribution >= 0.6 is 0 Å². The van der Waals surface area contributed by atoms with Gasteiger partial charge in [0, 0.05) is 7.05 Å². The van der Waals surface area contributed by atoms with E-state index in [-0.39, 0.29) is 5.82 Å². The van der Waals surface area contributed by atoms with Gasteiger partial charge in [-0.15, -0.1) is 0 Å². The highest BCUT2D eigenvalue weighted by Crippen LogP contribution is 2.18. The van der Waals surface area contributed by atoms with Gasteiger partial charge in [-0.1, -0.05) is 6.07 Å². The first-order valence-corrected chi connectivity index (χ1v) is 3.82. The van der Waals surface area contributed by atoms with Crippen LogP contribution in [0.25, 0.3) is 0 Å². The van der Waals surface area contributed by atoms with E-state index in [2.05, 4.69) is 10.5 Å². The molecular formula is C9H11FN2O. The van der Waals surface area contributed by atoms with Crippen LogP contribution in [0.2, 0.25) is 0 Å². The monoisotopic (exact) mass is 182 g/mol. The zero-order chi connectivity index (χ0) is 9.68. The summed E-state index contributed by atoms with van der Waals surface area (Å²) in [5, 5.41) is 3.72. The van der Waals surface area contributed by atoms with Crippen LogP contribution in [0.5, 0.6) is 5.75 Å². The second-order valence-corrected chi connectivity index (χ2v) is 2.34. The van der Waals surface area contributed by atoms with E-state index < -0.39 is 0 Å². The van der Waals surface area contributed by atoms with Gasteiger partial charge < -0.3 is 10.2 Å². The molecule has 0 heterocycles. The lowest BCUT2D eigenvalue weighted by Gasteiger charge is -2.04. The molecule has 0 amide bonds. The van der Waals surface area contributed by atoms with E-state index in [4.69, 9.17) is 4.74 Å². The Labute approximate surface area is 76.2 Å². The van der Waals surface area contributed by atoms with Crippen LogP contribution < -0.4 is 10.2 Å². The zero-order valence-corrected chi connectivity index (χ0v) is 7.54. The topological polar surface area (TPSA) is 33.6 Å². The van der Waals surface area contributed by atoms with E-state index >= 15 is 0 Å². The highest BCUT2D eigenvalue weighted by molar-refractivity contribution is 5.83. The largest absolute Gasteiger partial charge is 0.496 e. The molecule has 70 valence electrons. The van der Waals surface area contributed by atoms with Gasteiger partial charge >= 0.3 is 0 Å². The summed E-state index contributed by atoms with van der Waals surface area (Å²) in [7, 11) is 3.13. The molecule has 0 aliphatic rings. The van der Waals surface area contributed by atoms with Gasteiger partial charge in [-0.05, 0) is 12.1 Å².